The van der Waals surface area contributed by atoms with Crippen LogP contribution in [0.5, 0.6) is 0 Å². The Bertz CT molecular complexity index is 7360. The van der Waals surface area contributed by atoms with Crippen LogP contribution in [0.2, 0.25) is 0 Å². The van der Waals surface area contributed by atoms with E-state index in [2.05, 4.69) is 0 Å². The highest BCUT2D eigenvalue weighted by Gasteiger charge is 3.06. The first kappa shape index (κ1) is 34.0. The summed E-state index contributed by atoms with van der Waals surface area (Å²) in [5.74, 6) is -2.02. The molecule has 8 nitrogen and oxygen atoms in total. The first-order chi connectivity index (χ1) is 40.4. The van der Waals surface area contributed by atoms with E-state index in [0.717, 1.165) is 55.6 Å². The molecule has 10 aliphatic carbocycles. The van der Waals surface area contributed by atoms with Crippen molar-refractivity contribution >= 4 is 272 Å². The first-order valence-electron chi connectivity index (χ1n) is 30.1. The molecule has 82 heavy (non-hydrogen) atoms. The molecule has 2 saturated carbocycles. The van der Waals surface area contributed by atoms with Gasteiger partial charge >= 0.3 is 23.9 Å². The van der Waals surface area contributed by atoms with E-state index < -0.39 is 56.4 Å². The molecule has 364 valence electrons. The van der Waals surface area contributed by atoms with Gasteiger partial charge < -0.3 is 18.9 Å². The van der Waals surface area contributed by atoms with Crippen molar-refractivity contribution in [2.75, 3.05) is 26.4 Å². The van der Waals surface area contributed by atoms with Crippen LogP contribution >= 0.6 is 0 Å². The Labute approximate surface area is 449 Å². The zero-order valence-corrected chi connectivity index (χ0v) is 43.1. The third kappa shape index (κ3) is 1.73. The third-order valence-electron chi connectivity index (χ3n) is 28.6. The maximum absolute atomic E-state index is 17.0. The highest BCUT2D eigenvalue weighted by molar-refractivity contribution is 6.79. The molecule has 0 aliphatic heterocycles. The lowest BCUT2D eigenvalue weighted by atomic mass is 9.66. The molecule has 0 saturated heterocycles. The standard InChI is InChI=1S/C74H20O8/c1-5-79-65(75)73(66(76)80-6-2)69-57-43-33-22-13-9-10-12-17-11(9)18-15-20(13)28(33)39-31-24(15)35-26(18)37-30(17)38-27-19(12)16-21-14(10)23(22)34-29(21)40-32-25(16)36(27)48-52-42(32)54(50(40)58(69)44(34)43)64-56-55-61-51(41(31)53(49(39)57)63(55)72(64,69)73)47(35)59-45(37)46(38)60(48)71(62(52)56)70(59,61)74(71,67(77)81-7-3)68(78)82-8-4/h5-8H2,1-4H3. The molecular weight excluding hydrogens is 1020 g/mol. The minimum atomic E-state index is -1.86. The van der Waals surface area contributed by atoms with Crippen molar-refractivity contribution in [3.63, 3.8) is 0 Å². The van der Waals surface area contributed by atoms with Gasteiger partial charge in [-0.1, -0.05) is 0 Å². The minimum Gasteiger partial charge on any atom is -0.465 e. The Balaban J connectivity index is 1.09. The van der Waals surface area contributed by atoms with Gasteiger partial charge in [0.05, 0.1) is 48.1 Å². The van der Waals surface area contributed by atoms with Crippen LogP contribution in [-0.2, 0) is 59.8 Å². The lowest BCUT2D eigenvalue weighted by Crippen LogP contribution is -2.39. The summed E-state index contributed by atoms with van der Waals surface area (Å²) in [4.78, 5) is 68.0. The van der Waals surface area contributed by atoms with Gasteiger partial charge in [-0.05, 0) is 331 Å². The molecule has 0 N–H and O–H groups in total. The number of benzene rings is 16. The van der Waals surface area contributed by atoms with Crippen molar-refractivity contribution < 1.29 is 38.1 Å². The summed E-state index contributed by atoms with van der Waals surface area (Å²) in [6.45, 7) is 7.93. The lowest BCUT2D eigenvalue weighted by molar-refractivity contribution is -0.167. The van der Waals surface area contributed by atoms with Crippen molar-refractivity contribution in [3.8, 4) is 11.1 Å². The topological polar surface area (TPSA) is 105 Å². The molecule has 34 rings (SSSR count). The third-order valence-corrected chi connectivity index (χ3v) is 28.6. The van der Waals surface area contributed by atoms with Gasteiger partial charge in [0.1, 0.15) is 0 Å². The predicted molar refractivity (Wildman–Crippen MR) is 317 cm³/mol. The molecular formula is C74H20O8. The van der Waals surface area contributed by atoms with Crippen molar-refractivity contribution in [1.29, 1.82) is 0 Å². The maximum atomic E-state index is 17.0. The van der Waals surface area contributed by atoms with Crippen LogP contribution in [0.4, 0.5) is 0 Å². The van der Waals surface area contributed by atoms with E-state index in [1.165, 1.54) is 248 Å². The number of hydrogen-bond donors (Lipinski definition) is 0. The van der Waals surface area contributed by atoms with Crippen LogP contribution in [0.1, 0.15) is 72.2 Å². The van der Waals surface area contributed by atoms with Crippen LogP contribution in [0.15, 0.2) is 0 Å². The van der Waals surface area contributed by atoms with Crippen LogP contribution in [-0.4, -0.2) is 50.3 Å². The molecule has 0 heterocycles. The van der Waals surface area contributed by atoms with E-state index in [9.17, 15) is 0 Å². The Morgan fingerprint density at radius 1 is 0.207 bits per heavy atom. The number of hydrogen-bond acceptors (Lipinski definition) is 8. The highest BCUT2D eigenvalue weighted by atomic mass is 16.6. The molecule has 24 aromatic carbocycles. The molecule has 4 spiro atoms. The Morgan fingerprint density at radius 3 is 0.500 bits per heavy atom. The van der Waals surface area contributed by atoms with E-state index >= 15 is 19.2 Å². The average Bonchev–Trinajstić information content (AvgIpc) is 1.35. The predicted octanol–water partition coefficient (Wildman–Crippen LogP) is 15.1. The van der Waals surface area contributed by atoms with E-state index in [0.29, 0.717) is 0 Å². The number of carbonyl (C=O) groups is 4. The molecule has 0 amide bonds. The second-order valence-electron chi connectivity index (χ2n) is 28.4. The van der Waals surface area contributed by atoms with Gasteiger partial charge in [0, 0.05) is 0 Å². The Kier molecular flexibility index (Phi) is 3.21. The van der Waals surface area contributed by atoms with E-state index in [4.69, 9.17) is 18.9 Å². The fourth-order valence-corrected chi connectivity index (χ4v) is 29.0. The van der Waals surface area contributed by atoms with E-state index in [-0.39, 0.29) is 26.4 Å². The van der Waals surface area contributed by atoms with Gasteiger partial charge in [-0.25, -0.2) is 0 Å². The lowest BCUT2D eigenvalue weighted by Gasteiger charge is -2.34. The summed E-state index contributed by atoms with van der Waals surface area (Å²) in [5.41, 5.74) is 2.06. The van der Waals surface area contributed by atoms with Crippen LogP contribution in [0, 0.1) is 10.8 Å². The van der Waals surface area contributed by atoms with Gasteiger partial charge in [0.25, 0.3) is 0 Å². The first-order valence-corrected chi connectivity index (χ1v) is 30.1. The molecule has 2 unspecified atom stereocenters. The summed E-state index contributed by atoms with van der Waals surface area (Å²) in [5, 5.41) is 60.8. The molecule has 10 aliphatic rings. The van der Waals surface area contributed by atoms with E-state index in [1.54, 1.807) is 0 Å². The van der Waals surface area contributed by atoms with Gasteiger partial charge in [0.2, 0.25) is 0 Å². The monoisotopic (exact) mass is 1040 g/mol. The van der Waals surface area contributed by atoms with Crippen molar-refractivity contribution in [2.45, 2.75) is 49.4 Å². The number of esters is 4. The normalized spacial score (nSPS) is 26.1. The van der Waals surface area contributed by atoms with Crippen LogP contribution < -0.4 is 0 Å². The number of carbonyl (C=O) groups excluding carboxylic acids is 4. The average molecular weight is 1040 g/mol. The molecule has 0 radical (unpaired) electrons. The summed E-state index contributed by atoms with van der Waals surface area (Å²) >= 11 is 0. The zero-order chi connectivity index (χ0) is 51.3. The molecule has 2 fully saturated rings. The van der Waals surface area contributed by atoms with Gasteiger partial charge in [-0.3, -0.25) is 19.2 Å². The molecule has 0 bridgehead atoms. The molecule has 8 heteroatoms. The van der Waals surface area contributed by atoms with Crippen LogP contribution in [0.3, 0.4) is 0 Å². The molecule has 2 atom stereocenters. The highest BCUT2D eigenvalue weighted by Crippen LogP contribution is 3.02. The van der Waals surface area contributed by atoms with Gasteiger partial charge in [-0.2, -0.15) is 0 Å². The van der Waals surface area contributed by atoms with E-state index in [1.807, 2.05) is 27.7 Å². The zero-order valence-electron chi connectivity index (χ0n) is 43.1. The number of rotatable bonds is 8. The fourth-order valence-electron chi connectivity index (χ4n) is 29.0. The number of ether oxygens (including phenoxy) is 4. The largest absolute Gasteiger partial charge is 0.465 e. The Morgan fingerprint density at radius 2 is 0.329 bits per heavy atom. The summed E-state index contributed by atoms with van der Waals surface area (Å²) < 4.78 is 26.8. The molecule has 0 aromatic heterocycles. The smallest absolute Gasteiger partial charge is 0.326 e. The summed E-state index contributed by atoms with van der Waals surface area (Å²) in [6.07, 6.45) is 0. The summed E-state index contributed by atoms with van der Waals surface area (Å²) in [6, 6.07) is 0. The second kappa shape index (κ2) is 7.75. The quantitative estimate of drug-likeness (QED) is 0.0641. The van der Waals surface area contributed by atoms with Crippen molar-refractivity contribution in [1.82, 2.24) is 0 Å². The Hall–Kier alpha value is -9.40. The van der Waals surface area contributed by atoms with Crippen molar-refractivity contribution in [3.05, 3.63) is 44.5 Å². The fraction of sp³-hybridized carbons (Fsp3) is 0.189. The maximum Gasteiger partial charge on any atom is 0.326 e. The molecule has 24 aromatic rings. The van der Waals surface area contributed by atoms with Gasteiger partial charge in [0.15, 0.2) is 10.8 Å². The van der Waals surface area contributed by atoms with Crippen LogP contribution in [0.25, 0.3) is 259 Å². The second-order valence-corrected chi connectivity index (χ2v) is 28.4. The van der Waals surface area contributed by atoms with Crippen molar-refractivity contribution in [2.24, 2.45) is 10.8 Å². The summed E-state index contributed by atoms with van der Waals surface area (Å²) in [7, 11) is 0. The SMILES string of the molecule is CCOC(=O)C1(C(=O)OCC)C23c4c5c6c7c8c9c%10c%11c%12c%13c%14c(c-5c5c%15c%16c(c%17c%18c2c2c4c7c4c8c7c%10c8c%10c%11c%11c%13c(c%14%15)c%13c%16c%14c%17c%15c%18c%16c2c4c2c7c8c4c(c%162)c%15c2c%14c%13c%11c%10c24)C513)C61C(C(=O)OCC)(C(=O)OCC)C9%121. The minimum absolute atomic E-state index is 0.0993. The van der Waals surface area contributed by atoms with Gasteiger partial charge in [-0.15, -0.1) is 0 Å².